The molecule has 1 N–H and O–H groups in total. The fourth-order valence-corrected chi connectivity index (χ4v) is 3.00. The second kappa shape index (κ2) is 8.11. The van der Waals surface area contributed by atoms with Crippen LogP contribution in [-0.2, 0) is 0 Å². The van der Waals surface area contributed by atoms with Crippen molar-refractivity contribution in [3.8, 4) is 0 Å². The van der Waals surface area contributed by atoms with Gasteiger partial charge in [-0.1, -0.05) is 52.9 Å². The standard InChI is InChI=1S/C15H31N/c1-4-16-12-8-6-5-7-9-13(2)15-11-10-14(15)3/h13-16H,4-12H2,1-3H3. The van der Waals surface area contributed by atoms with Crippen molar-refractivity contribution in [2.45, 2.75) is 65.7 Å². The fraction of sp³-hybridized carbons (Fsp3) is 1.00. The zero-order chi connectivity index (χ0) is 11.8. The molecule has 3 unspecified atom stereocenters. The Morgan fingerprint density at radius 3 is 2.44 bits per heavy atom. The summed E-state index contributed by atoms with van der Waals surface area (Å²) in [6.45, 7) is 9.42. The highest BCUT2D eigenvalue weighted by atomic mass is 14.8. The second-order valence-electron chi connectivity index (χ2n) is 5.75. The van der Waals surface area contributed by atoms with E-state index in [0.717, 1.165) is 24.3 Å². The van der Waals surface area contributed by atoms with E-state index in [-0.39, 0.29) is 0 Å². The summed E-state index contributed by atoms with van der Waals surface area (Å²) in [4.78, 5) is 0. The lowest BCUT2D eigenvalue weighted by Crippen LogP contribution is -2.29. The molecule has 0 aromatic heterocycles. The van der Waals surface area contributed by atoms with Gasteiger partial charge in [0.05, 0.1) is 0 Å². The average Bonchev–Trinajstić information content (AvgIpc) is 2.26. The van der Waals surface area contributed by atoms with E-state index >= 15 is 0 Å². The van der Waals surface area contributed by atoms with Crippen molar-refractivity contribution < 1.29 is 0 Å². The lowest BCUT2D eigenvalue weighted by atomic mass is 9.67. The molecule has 16 heavy (non-hydrogen) atoms. The van der Waals surface area contributed by atoms with Gasteiger partial charge in [0.1, 0.15) is 0 Å². The van der Waals surface area contributed by atoms with E-state index in [1.54, 1.807) is 0 Å². The molecule has 0 amide bonds. The third-order valence-corrected chi connectivity index (χ3v) is 4.43. The van der Waals surface area contributed by atoms with Crippen LogP contribution in [0.25, 0.3) is 0 Å². The van der Waals surface area contributed by atoms with Gasteiger partial charge in [0.15, 0.2) is 0 Å². The molecule has 0 bridgehead atoms. The zero-order valence-electron chi connectivity index (χ0n) is 11.6. The molecule has 0 aromatic rings. The average molecular weight is 225 g/mol. The minimum Gasteiger partial charge on any atom is -0.317 e. The van der Waals surface area contributed by atoms with Crippen molar-refractivity contribution in [2.24, 2.45) is 17.8 Å². The molecule has 0 spiro atoms. The first-order valence-electron chi connectivity index (χ1n) is 7.46. The minimum absolute atomic E-state index is 0.984. The fourth-order valence-electron chi connectivity index (χ4n) is 3.00. The van der Waals surface area contributed by atoms with Crippen LogP contribution in [0.5, 0.6) is 0 Å². The molecule has 0 heterocycles. The van der Waals surface area contributed by atoms with E-state index in [1.165, 1.54) is 51.5 Å². The van der Waals surface area contributed by atoms with Gasteiger partial charge in [0.2, 0.25) is 0 Å². The lowest BCUT2D eigenvalue weighted by Gasteiger charge is -2.38. The number of unbranched alkanes of at least 4 members (excludes halogenated alkanes) is 3. The van der Waals surface area contributed by atoms with Gasteiger partial charge >= 0.3 is 0 Å². The molecule has 1 nitrogen and oxygen atoms in total. The Balaban J connectivity index is 1.87. The summed E-state index contributed by atoms with van der Waals surface area (Å²) >= 11 is 0. The first-order valence-corrected chi connectivity index (χ1v) is 7.46. The SMILES string of the molecule is CCNCCCCCCC(C)C1CCC1C. The summed E-state index contributed by atoms with van der Waals surface area (Å²) in [5, 5.41) is 3.39. The number of hydrogen-bond acceptors (Lipinski definition) is 1. The van der Waals surface area contributed by atoms with Gasteiger partial charge in [0.25, 0.3) is 0 Å². The van der Waals surface area contributed by atoms with Crippen LogP contribution >= 0.6 is 0 Å². The van der Waals surface area contributed by atoms with Crippen LogP contribution in [0.4, 0.5) is 0 Å². The van der Waals surface area contributed by atoms with Crippen molar-refractivity contribution in [3.05, 3.63) is 0 Å². The van der Waals surface area contributed by atoms with Crippen molar-refractivity contribution in [2.75, 3.05) is 13.1 Å². The molecule has 0 saturated heterocycles. The Morgan fingerprint density at radius 2 is 1.88 bits per heavy atom. The van der Waals surface area contributed by atoms with E-state index in [1.807, 2.05) is 0 Å². The smallest absolute Gasteiger partial charge is 0.00490 e. The highest BCUT2D eigenvalue weighted by Crippen LogP contribution is 2.40. The quantitative estimate of drug-likeness (QED) is 0.579. The van der Waals surface area contributed by atoms with Gasteiger partial charge < -0.3 is 5.32 Å². The first kappa shape index (κ1) is 14.0. The molecular formula is C15H31N. The molecule has 1 aliphatic rings. The van der Waals surface area contributed by atoms with Crippen molar-refractivity contribution >= 4 is 0 Å². The Hall–Kier alpha value is -0.0400. The Morgan fingerprint density at radius 1 is 1.12 bits per heavy atom. The summed E-state index contributed by atoms with van der Waals surface area (Å²) in [6, 6.07) is 0. The minimum atomic E-state index is 0.984. The van der Waals surface area contributed by atoms with Gasteiger partial charge in [0, 0.05) is 0 Å². The molecule has 1 fully saturated rings. The maximum Gasteiger partial charge on any atom is -0.00490 e. The monoisotopic (exact) mass is 225 g/mol. The van der Waals surface area contributed by atoms with Crippen LogP contribution in [0, 0.1) is 17.8 Å². The van der Waals surface area contributed by atoms with Gasteiger partial charge in [-0.2, -0.15) is 0 Å². The highest BCUT2D eigenvalue weighted by Gasteiger charge is 2.30. The molecule has 1 heteroatoms. The topological polar surface area (TPSA) is 12.0 Å². The zero-order valence-corrected chi connectivity index (χ0v) is 11.6. The summed E-state index contributed by atoms with van der Waals surface area (Å²) in [5.74, 6) is 3.06. The van der Waals surface area contributed by atoms with Gasteiger partial charge in [-0.25, -0.2) is 0 Å². The molecule has 1 rings (SSSR count). The molecule has 0 aromatic carbocycles. The largest absolute Gasteiger partial charge is 0.317 e. The molecule has 96 valence electrons. The predicted molar refractivity (Wildman–Crippen MR) is 72.7 cm³/mol. The highest BCUT2D eigenvalue weighted by molar-refractivity contribution is 4.81. The number of nitrogens with one attached hydrogen (secondary N) is 1. The van der Waals surface area contributed by atoms with Crippen molar-refractivity contribution in [1.82, 2.24) is 5.32 Å². The van der Waals surface area contributed by atoms with Crippen molar-refractivity contribution in [3.63, 3.8) is 0 Å². The van der Waals surface area contributed by atoms with E-state index < -0.39 is 0 Å². The summed E-state index contributed by atoms with van der Waals surface area (Å²) in [7, 11) is 0. The molecule has 0 radical (unpaired) electrons. The van der Waals surface area contributed by atoms with Crippen LogP contribution in [-0.4, -0.2) is 13.1 Å². The Bertz CT molecular complexity index is 167. The predicted octanol–water partition coefficient (Wildman–Crippen LogP) is 4.23. The van der Waals surface area contributed by atoms with Crippen LogP contribution in [0.3, 0.4) is 0 Å². The van der Waals surface area contributed by atoms with Gasteiger partial charge in [-0.05, 0) is 43.7 Å². The lowest BCUT2D eigenvalue weighted by molar-refractivity contribution is 0.121. The van der Waals surface area contributed by atoms with Gasteiger partial charge in [-0.3, -0.25) is 0 Å². The normalized spacial score (nSPS) is 26.4. The summed E-state index contributed by atoms with van der Waals surface area (Å²) in [6.07, 6.45) is 10.1. The van der Waals surface area contributed by atoms with E-state index in [0.29, 0.717) is 0 Å². The van der Waals surface area contributed by atoms with Crippen LogP contribution < -0.4 is 5.32 Å². The molecule has 1 aliphatic carbocycles. The van der Waals surface area contributed by atoms with E-state index in [9.17, 15) is 0 Å². The molecule has 1 saturated carbocycles. The third kappa shape index (κ3) is 4.86. The van der Waals surface area contributed by atoms with E-state index in [2.05, 4.69) is 26.1 Å². The molecular weight excluding hydrogens is 194 g/mol. The van der Waals surface area contributed by atoms with Gasteiger partial charge in [-0.15, -0.1) is 0 Å². The third-order valence-electron chi connectivity index (χ3n) is 4.43. The number of hydrogen-bond donors (Lipinski definition) is 1. The second-order valence-corrected chi connectivity index (χ2v) is 5.75. The first-order chi connectivity index (χ1) is 7.75. The summed E-state index contributed by atoms with van der Waals surface area (Å²) < 4.78 is 0. The van der Waals surface area contributed by atoms with E-state index in [4.69, 9.17) is 0 Å². The maximum absolute atomic E-state index is 3.39. The van der Waals surface area contributed by atoms with Crippen molar-refractivity contribution in [1.29, 1.82) is 0 Å². The molecule has 0 aliphatic heterocycles. The Kier molecular flexibility index (Phi) is 7.11. The number of rotatable bonds is 9. The van der Waals surface area contributed by atoms with Crippen LogP contribution in [0.1, 0.15) is 65.7 Å². The van der Waals surface area contributed by atoms with Crippen LogP contribution in [0.15, 0.2) is 0 Å². The summed E-state index contributed by atoms with van der Waals surface area (Å²) in [5.41, 5.74) is 0. The Labute approximate surface area is 102 Å². The maximum atomic E-state index is 3.39. The molecule has 3 atom stereocenters. The van der Waals surface area contributed by atoms with Crippen LogP contribution in [0.2, 0.25) is 0 Å².